The van der Waals surface area contributed by atoms with E-state index in [1.165, 1.54) is 12.5 Å². The molecule has 5 nitrogen and oxygen atoms in total. The maximum atomic E-state index is 12.9. The Labute approximate surface area is 128 Å². The fourth-order valence-corrected chi connectivity index (χ4v) is 3.68. The van der Waals surface area contributed by atoms with E-state index in [0.717, 1.165) is 31.3 Å². The van der Waals surface area contributed by atoms with Gasteiger partial charge >= 0.3 is 0 Å². The number of nitrogens with one attached hydrogen (secondary N) is 2. The Balaban J connectivity index is 1.72. The summed E-state index contributed by atoms with van der Waals surface area (Å²) in [6, 6.07) is 9.84. The van der Waals surface area contributed by atoms with E-state index in [4.69, 9.17) is 0 Å². The first kappa shape index (κ1) is 13.5. The van der Waals surface area contributed by atoms with Crippen molar-refractivity contribution in [3.8, 4) is 0 Å². The second-order valence-electron chi connectivity index (χ2n) is 6.27. The van der Waals surface area contributed by atoms with Gasteiger partial charge in [-0.15, -0.1) is 0 Å². The first-order valence-electron chi connectivity index (χ1n) is 7.88. The van der Waals surface area contributed by atoms with Crippen LogP contribution in [0, 0.1) is 0 Å². The summed E-state index contributed by atoms with van der Waals surface area (Å²) in [5.74, 6) is -0.0309. The minimum Gasteiger partial charge on any atom is -0.337 e. The molecule has 1 aromatic carbocycles. The molecule has 2 aromatic rings. The molecule has 2 atom stereocenters. The highest BCUT2D eigenvalue weighted by molar-refractivity contribution is 6.05. The number of carbonyl (C=O) groups is 1. The van der Waals surface area contributed by atoms with Crippen LogP contribution in [0.3, 0.4) is 0 Å². The zero-order valence-electron chi connectivity index (χ0n) is 12.3. The summed E-state index contributed by atoms with van der Waals surface area (Å²) >= 11 is 0. The standard InChI is InChI=1S/C17H19N3O2/c21-16-9-14(13-3-1-2-4-15(13)19-16)17(22)20-8-7-11-5-6-12(10-20)18-11/h1-4,9,11-12,18H,5-8,10H2,(H,19,21). The van der Waals surface area contributed by atoms with Gasteiger partial charge in [-0.1, -0.05) is 18.2 Å². The minimum atomic E-state index is -0.225. The average Bonchev–Trinajstić information content (AvgIpc) is 2.85. The number of aromatic nitrogens is 1. The lowest BCUT2D eigenvalue weighted by atomic mass is 10.1. The van der Waals surface area contributed by atoms with Crippen LogP contribution in [0.2, 0.25) is 0 Å². The number of para-hydroxylation sites is 1. The smallest absolute Gasteiger partial charge is 0.254 e. The zero-order chi connectivity index (χ0) is 15.1. The van der Waals surface area contributed by atoms with Crippen molar-refractivity contribution in [1.82, 2.24) is 15.2 Å². The SMILES string of the molecule is O=C(c1cc(=O)[nH]c2ccccc12)N1CCC2CCC(C1)N2. The third kappa shape index (κ3) is 2.31. The van der Waals surface area contributed by atoms with Gasteiger partial charge in [-0.2, -0.15) is 0 Å². The highest BCUT2D eigenvalue weighted by Crippen LogP contribution is 2.23. The molecule has 4 rings (SSSR count). The third-order valence-corrected chi connectivity index (χ3v) is 4.79. The number of H-pyrrole nitrogens is 1. The number of rotatable bonds is 1. The lowest BCUT2D eigenvalue weighted by Crippen LogP contribution is -2.39. The van der Waals surface area contributed by atoms with Gasteiger partial charge < -0.3 is 15.2 Å². The molecule has 2 unspecified atom stereocenters. The molecule has 0 aliphatic carbocycles. The van der Waals surface area contributed by atoms with E-state index >= 15 is 0 Å². The van der Waals surface area contributed by atoms with Crippen LogP contribution in [0.1, 0.15) is 29.6 Å². The number of amides is 1. The van der Waals surface area contributed by atoms with Gasteiger partial charge in [0.1, 0.15) is 0 Å². The number of hydrogen-bond donors (Lipinski definition) is 2. The number of likely N-dealkylation sites (tertiary alicyclic amines) is 1. The molecule has 2 bridgehead atoms. The third-order valence-electron chi connectivity index (χ3n) is 4.79. The van der Waals surface area contributed by atoms with Gasteiger partial charge in [-0.3, -0.25) is 9.59 Å². The summed E-state index contributed by atoms with van der Waals surface area (Å²) in [7, 11) is 0. The number of fused-ring (bicyclic) bond motifs is 3. The summed E-state index contributed by atoms with van der Waals surface area (Å²) in [4.78, 5) is 29.5. The highest BCUT2D eigenvalue weighted by atomic mass is 16.2. The van der Waals surface area contributed by atoms with E-state index in [9.17, 15) is 9.59 Å². The van der Waals surface area contributed by atoms with Gasteiger partial charge in [-0.25, -0.2) is 0 Å². The Bertz CT molecular complexity index is 783. The molecule has 114 valence electrons. The summed E-state index contributed by atoms with van der Waals surface area (Å²) in [5, 5.41) is 4.39. The lowest BCUT2D eigenvalue weighted by Gasteiger charge is -2.24. The molecule has 0 spiro atoms. The molecule has 0 saturated carbocycles. The van der Waals surface area contributed by atoms with Crippen LogP contribution in [-0.4, -0.2) is 41.0 Å². The summed E-state index contributed by atoms with van der Waals surface area (Å²) in [6.07, 6.45) is 3.33. The molecule has 2 aliphatic rings. The first-order chi connectivity index (χ1) is 10.7. The van der Waals surface area contributed by atoms with E-state index in [1.54, 1.807) is 0 Å². The molecular weight excluding hydrogens is 278 g/mol. The average molecular weight is 297 g/mol. The molecule has 5 heteroatoms. The van der Waals surface area contributed by atoms with Crippen LogP contribution in [0.15, 0.2) is 35.1 Å². The molecule has 2 aliphatic heterocycles. The Morgan fingerprint density at radius 3 is 2.86 bits per heavy atom. The number of hydrogen-bond acceptors (Lipinski definition) is 3. The number of aromatic amines is 1. The summed E-state index contributed by atoms with van der Waals surface area (Å²) in [6.45, 7) is 1.49. The Morgan fingerprint density at radius 1 is 1.14 bits per heavy atom. The highest BCUT2D eigenvalue weighted by Gasteiger charge is 2.31. The maximum Gasteiger partial charge on any atom is 0.254 e. The van der Waals surface area contributed by atoms with Crippen molar-refractivity contribution < 1.29 is 4.79 Å². The number of carbonyl (C=O) groups excluding carboxylic acids is 1. The maximum absolute atomic E-state index is 12.9. The van der Waals surface area contributed by atoms with E-state index < -0.39 is 0 Å². The predicted octanol–water partition coefficient (Wildman–Crippen LogP) is 1.49. The van der Waals surface area contributed by atoms with E-state index in [0.29, 0.717) is 23.2 Å². The number of pyridine rings is 1. The van der Waals surface area contributed by atoms with Crippen molar-refractivity contribution >= 4 is 16.8 Å². The van der Waals surface area contributed by atoms with Crippen molar-refractivity contribution in [3.63, 3.8) is 0 Å². The molecule has 2 fully saturated rings. The fraction of sp³-hybridized carbons (Fsp3) is 0.412. The Morgan fingerprint density at radius 2 is 1.95 bits per heavy atom. The Kier molecular flexibility index (Phi) is 3.22. The number of nitrogens with zero attached hydrogens (tertiary/aromatic N) is 1. The second-order valence-corrected chi connectivity index (χ2v) is 6.27. The summed E-state index contributed by atoms with van der Waals surface area (Å²) in [5.41, 5.74) is 1.00. The second kappa shape index (κ2) is 5.25. The summed E-state index contributed by atoms with van der Waals surface area (Å²) < 4.78 is 0. The van der Waals surface area contributed by atoms with Gasteiger partial charge in [-0.05, 0) is 25.3 Å². The lowest BCUT2D eigenvalue weighted by molar-refractivity contribution is 0.0750. The molecular formula is C17H19N3O2. The van der Waals surface area contributed by atoms with E-state index in [-0.39, 0.29) is 11.5 Å². The fourth-order valence-electron chi connectivity index (χ4n) is 3.68. The van der Waals surface area contributed by atoms with Crippen molar-refractivity contribution in [1.29, 1.82) is 0 Å². The largest absolute Gasteiger partial charge is 0.337 e. The van der Waals surface area contributed by atoms with Gasteiger partial charge in [0.15, 0.2) is 0 Å². The van der Waals surface area contributed by atoms with Crippen LogP contribution >= 0.6 is 0 Å². The minimum absolute atomic E-state index is 0.0309. The van der Waals surface area contributed by atoms with E-state index in [1.807, 2.05) is 29.2 Å². The van der Waals surface area contributed by atoms with Crippen molar-refractivity contribution in [2.45, 2.75) is 31.3 Å². The van der Waals surface area contributed by atoms with Crippen molar-refractivity contribution in [2.24, 2.45) is 0 Å². The van der Waals surface area contributed by atoms with Crippen molar-refractivity contribution in [3.05, 3.63) is 46.2 Å². The molecule has 2 saturated heterocycles. The van der Waals surface area contributed by atoms with Gasteiger partial charge in [0, 0.05) is 42.1 Å². The quantitative estimate of drug-likeness (QED) is 0.838. The van der Waals surface area contributed by atoms with Crippen molar-refractivity contribution in [2.75, 3.05) is 13.1 Å². The van der Waals surface area contributed by atoms with Crippen LogP contribution < -0.4 is 10.9 Å². The molecule has 3 heterocycles. The monoisotopic (exact) mass is 297 g/mol. The molecule has 1 amide bonds. The van der Waals surface area contributed by atoms with Gasteiger partial charge in [0.25, 0.3) is 5.91 Å². The number of benzene rings is 1. The van der Waals surface area contributed by atoms with Crippen LogP contribution in [0.4, 0.5) is 0 Å². The van der Waals surface area contributed by atoms with Crippen LogP contribution in [0.25, 0.3) is 10.9 Å². The molecule has 1 aromatic heterocycles. The normalized spacial score (nSPS) is 24.5. The molecule has 0 radical (unpaired) electrons. The van der Waals surface area contributed by atoms with Gasteiger partial charge in [0.05, 0.1) is 5.56 Å². The Hall–Kier alpha value is -2.14. The molecule has 22 heavy (non-hydrogen) atoms. The van der Waals surface area contributed by atoms with Crippen LogP contribution in [0.5, 0.6) is 0 Å². The molecule has 2 N–H and O–H groups in total. The van der Waals surface area contributed by atoms with E-state index in [2.05, 4.69) is 10.3 Å². The van der Waals surface area contributed by atoms with Crippen LogP contribution in [-0.2, 0) is 0 Å². The zero-order valence-corrected chi connectivity index (χ0v) is 12.3. The predicted molar refractivity (Wildman–Crippen MR) is 85.0 cm³/mol. The first-order valence-corrected chi connectivity index (χ1v) is 7.88. The van der Waals surface area contributed by atoms with Gasteiger partial charge in [0.2, 0.25) is 5.56 Å². The topological polar surface area (TPSA) is 65.2 Å².